The number of hydrogen-bond acceptors (Lipinski definition) is 4. The van der Waals surface area contributed by atoms with Crippen molar-refractivity contribution in [2.75, 3.05) is 13.2 Å². The molecule has 0 aromatic heterocycles. The lowest BCUT2D eigenvalue weighted by Crippen LogP contribution is -2.17. The van der Waals surface area contributed by atoms with Crippen molar-refractivity contribution in [3.63, 3.8) is 0 Å². The van der Waals surface area contributed by atoms with Gasteiger partial charge in [0.1, 0.15) is 6.10 Å². The first-order chi connectivity index (χ1) is 10.7. The highest BCUT2D eigenvalue weighted by atomic mass is 31.1. The van der Waals surface area contributed by atoms with Gasteiger partial charge in [0.05, 0.1) is 22.0 Å². The molecule has 0 fully saturated rings. The Morgan fingerprint density at radius 3 is 1.95 bits per heavy atom. The molecule has 0 aromatic rings. The maximum absolute atomic E-state index is 11.5. The van der Waals surface area contributed by atoms with E-state index < -0.39 is 6.10 Å². The molecule has 0 aliphatic rings. The van der Waals surface area contributed by atoms with Gasteiger partial charge in [-0.1, -0.05) is 71.1 Å². The predicted molar refractivity (Wildman–Crippen MR) is 93.4 cm³/mol. The molecule has 22 heavy (non-hydrogen) atoms. The molecule has 0 saturated heterocycles. The van der Waals surface area contributed by atoms with Crippen LogP contribution in [0.2, 0.25) is 0 Å². The highest BCUT2D eigenvalue weighted by molar-refractivity contribution is 7.53. The average molecular weight is 334 g/mol. The lowest BCUT2D eigenvalue weighted by molar-refractivity contribution is -0.112. The summed E-state index contributed by atoms with van der Waals surface area (Å²) in [5.41, 5.74) is 0.112. The minimum atomic E-state index is -0.873. The van der Waals surface area contributed by atoms with Crippen molar-refractivity contribution < 1.29 is 19.5 Å². The number of carbonyl (C=O) groups is 1. The molecule has 5 heteroatoms. The van der Waals surface area contributed by atoms with Gasteiger partial charge in [0, 0.05) is 6.42 Å². The van der Waals surface area contributed by atoms with Gasteiger partial charge in [0.2, 0.25) is 0 Å². The predicted octanol–water partition coefficient (Wildman–Crippen LogP) is 4.18. The first kappa shape index (κ1) is 22.0. The fourth-order valence-corrected chi connectivity index (χ4v) is 2.99. The van der Waals surface area contributed by atoms with E-state index in [-0.39, 0.29) is 27.5 Å². The maximum atomic E-state index is 11.5. The van der Waals surface area contributed by atoms with Crippen molar-refractivity contribution in [1.29, 1.82) is 0 Å². The molecule has 4 nitrogen and oxygen atoms in total. The van der Waals surface area contributed by atoms with Crippen LogP contribution >= 0.6 is 8.81 Å². The van der Waals surface area contributed by atoms with Crippen molar-refractivity contribution >= 4 is 14.3 Å². The van der Waals surface area contributed by atoms with Gasteiger partial charge in [0.15, 0.2) is 5.52 Å². The van der Waals surface area contributed by atoms with Crippen LogP contribution in [0.3, 0.4) is 0 Å². The Morgan fingerprint density at radius 1 is 0.955 bits per heavy atom. The monoisotopic (exact) mass is 334 g/mol. The number of unbranched alkanes of at least 4 members (excludes halogenated alkanes) is 10. The van der Waals surface area contributed by atoms with Crippen LogP contribution < -0.4 is 0 Å². The van der Waals surface area contributed by atoms with E-state index in [0.29, 0.717) is 6.42 Å². The van der Waals surface area contributed by atoms with E-state index >= 15 is 0 Å². The minimum absolute atomic E-state index is 0.0406. The highest BCUT2D eigenvalue weighted by Gasteiger charge is 2.05. The van der Waals surface area contributed by atoms with Crippen LogP contribution in [0.1, 0.15) is 84.0 Å². The van der Waals surface area contributed by atoms with E-state index in [4.69, 9.17) is 14.7 Å². The van der Waals surface area contributed by atoms with Crippen molar-refractivity contribution in [3.05, 3.63) is 0 Å². The summed E-state index contributed by atoms with van der Waals surface area (Å²) in [4.78, 5) is 11.5. The second-order valence-corrected chi connectivity index (χ2v) is 7.01. The summed E-state index contributed by atoms with van der Waals surface area (Å²) in [5.74, 6) is 0. The molecule has 132 valence electrons. The van der Waals surface area contributed by atoms with Crippen molar-refractivity contribution in [3.8, 4) is 0 Å². The summed E-state index contributed by atoms with van der Waals surface area (Å²) >= 11 is 0. The van der Waals surface area contributed by atoms with E-state index in [9.17, 15) is 4.79 Å². The Labute approximate surface area is 137 Å². The topological polar surface area (TPSA) is 66.8 Å². The van der Waals surface area contributed by atoms with Crippen LogP contribution in [0.4, 0.5) is 0 Å². The summed E-state index contributed by atoms with van der Waals surface area (Å²) in [7, 11) is -0.197. The molecule has 0 spiro atoms. The van der Waals surface area contributed by atoms with Gasteiger partial charge in [-0.05, 0) is 6.42 Å². The molecule has 0 rings (SSSR count). The van der Waals surface area contributed by atoms with Gasteiger partial charge < -0.3 is 14.7 Å². The third-order valence-corrected chi connectivity index (χ3v) is 4.47. The molecule has 0 bridgehead atoms. The van der Waals surface area contributed by atoms with Crippen LogP contribution in [0.25, 0.3) is 0 Å². The van der Waals surface area contributed by atoms with Crippen molar-refractivity contribution in [2.45, 2.75) is 90.1 Å². The minimum Gasteiger partial charge on any atom is -0.394 e. The Balaban J connectivity index is 3.17. The van der Waals surface area contributed by atoms with Crippen LogP contribution in [0, 0.1) is 0 Å². The van der Waals surface area contributed by atoms with Crippen LogP contribution in [0.5, 0.6) is 0 Å². The standard InChI is InChI=1S/C17H35O4P/c1-2-3-4-5-6-7-8-9-10-11-12-13-17(20)22-21-15-16(19)14-18/h16,18-19,22H,2-15H2,1H3. The number of aliphatic hydroxyl groups is 2. The summed E-state index contributed by atoms with van der Waals surface area (Å²) in [6.45, 7) is 1.96. The van der Waals surface area contributed by atoms with E-state index in [1.54, 1.807) is 0 Å². The molecule has 0 aliphatic carbocycles. The molecule has 2 atom stereocenters. The van der Waals surface area contributed by atoms with Gasteiger partial charge in [-0.3, -0.25) is 4.79 Å². The molecule has 2 unspecified atom stereocenters. The Hall–Kier alpha value is -0.0200. The number of carbonyl (C=O) groups excluding carboxylic acids is 1. The Morgan fingerprint density at radius 2 is 1.45 bits per heavy atom. The maximum Gasteiger partial charge on any atom is 0.178 e. The molecule has 0 heterocycles. The second-order valence-electron chi connectivity index (χ2n) is 5.96. The lowest BCUT2D eigenvalue weighted by Gasteiger charge is -2.07. The van der Waals surface area contributed by atoms with Crippen LogP contribution in [-0.4, -0.2) is 35.1 Å². The van der Waals surface area contributed by atoms with E-state index in [0.717, 1.165) is 12.8 Å². The SMILES string of the molecule is CCCCCCCCCCCCCC(=O)POCC(O)CO. The zero-order valence-corrected chi connectivity index (χ0v) is 15.2. The van der Waals surface area contributed by atoms with Crippen LogP contribution in [-0.2, 0) is 9.32 Å². The molecule has 0 aromatic carbocycles. The smallest absolute Gasteiger partial charge is 0.178 e. The highest BCUT2D eigenvalue weighted by Crippen LogP contribution is 2.19. The Kier molecular flexibility index (Phi) is 17.3. The largest absolute Gasteiger partial charge is 0.394 e. The zero-order valence-electron chi connectivity index (χ0n) is 14.2. The van der Waals surface area contributed by atoms with Crippen molar-refractivity contribution in [2.24, 2.45) is 0 Å². The molecule has 0 aliphatic heterocycles. The van der Waals surface area contributed by atoms with E-state index in [1.807, 2.05) is 0 Å². The summed E-state index contributed by atoms with van der Waals surface area (Å²) in [6, 6.07) is 0. The normalized spacial score (nSPS) is 13.0. The summed E-state index contributed by atoms with van der Waals surface area (Å²) in [6.07, 6.45) is 13.8. The Bertz CT molecular complexity index is 249. The van der Waals surface area contributed by atoms with Gasteiger partial charge in [-0.2, -0.15) is 0 Å². The summed E-state index contributed by atoms with van der Waals surface area (Å²) < 4.78 is 5.07. The van der Waals surface area contributed by atoms with Gasteiger partial charge in [0.25, 0.3) is 0 Å². The lowest BCUT2D eigenvalue weighted by atomic mass is 10.1. The third-order valence-electron chi connectivity index (χ3n) is 3.68. The number of aliphatic hydroxyl groups excluding tert-OH is 2. The number of rotatable bonds is 17. The first-order valence-corrected chi connectivity index (χ1v) is 9.81. The fraction of sp³-hybridized carbons (Fsp3) is 0.941. The molecular formula is C17H35O4P. The molecule has 0 saturated carbocycles. The quantitative estimate of drug-likeness (QED) is 0.309. The van der Waals surface area contributed by atoms with Gasteiger partial charge in [-0.15, -0.1) is 0 Å². The fourth-order valence-electron chi connectivity index (χ4n) is 2.27. The van der Waals surface area contributed by atoms with Gasteiger partial charge in [-0.25, -0.2) is 0 Å². The summed E-state index contributed by atoms with van der Waals surface area (Å²) in [5, 5.41) is 17.7. The molecule has 0 amide bonds. The average Bonchev–Trinajstić information content (AvgIpc) is 2.52. The second kappa shape index (κ2) is 17.3. The van der Waals surface area contributed by atoms with E-state index in [1.165, 1.54) is 57.8 Å². The molecule has 0 radical (unpaired) electrons. The first-order valence-electron chi connectivity index (χ1n) is 8.90. The number of hydrogen-bond donors (Lipinski definition) is 2. The molecule has 2 N–H and O–H groups in total. The zero-order chi connectivity index (χ0) is 16.5. The van der Waals surface area contributed by atoms with Crippen molar-refractivity contribution in [1.82, 2.24) is 0 Å². The molecular weight excluding hydrogens is 299 g/mol. The van der Waals surface area contributed by atoms with E-state index in [2.05, 4.69) is 6.92 Å². The van der Waals surface area contributed by atoms with Gasteiger partial charge >= 0.3 is 0 Å². The van der Waals surface area contributed by atoms with Crippen LogP contribution in [0.15, 0.2) is 0 Å². The third kappa shape index (κ3) is 16.4.